The van der Waals surface area contributed by atoms with Gasteiger partial charge in [0.15, 0.2) is 0 Å². The number of hydrogen-bond acceptors (Lipinski definition) is 4. The molecule has 1 atom stereocenters. The molecule has 25 heavy (non-hydrogen) atoms. The number of carbonyl (C=O) groups is 1. The molecule has 0 bridgehead atoms. The Morgan fingerprint density at radius 1 is 1.20 bits per heavy atom. The normalized spacial score (nSPS) is 20.5. The van der Waals surface area contributed by atoms with E-state index in [9.17, 15) is 23.1 Å². The molecular formula is C16H11ClF3N3O2. The number of pyridine rings is 1. The van der Waals surface area contributed by atoms with E-state index in [1.165, 1.54) is 36.5 Å². The van der Waals surface area contributed by atoms with Crippen LogP contribution in [0.3, 0.4) is 0 Å². The molecule has 1 N–H and O–H groups in total. The minimum atomic E-state index is -5.10. The van der Waals surface area contributed by atoms with Crippen LogP contribution in [0.15, 0.2) is 53.8 Å². The molecule has 1 aliphatic rings. The van der Waals surface area contributed by atoms with Crippen LogP contribution in [0.5, 0.6) is 0 Å². The van der Waals surface area contributed by atoms with Gasteiger partial charge in [0.05, 0.1) is 17.8 Å². The van der Waals surface area contributed by atoms with Gasteiger partial charge in [-0.05, 0) is 36.4 Å². The number of carbonyl (C=O) groups excluding carboxylic acids is 1. The van der Waals surface area contributed by atoms with Gasteiger partial charge in [-0.3, -0.25) is 9.78 Å². The van der Waals surface area contributed by atoms with Crippen LogP contribution in [0, 0.1) is 0 Å². The van der Waals surface area contributed by atoms with Gasteiger partial charge in [0.1, 0.15) is 0 Å². The molecule has 0 unspecified atom stereocenters. The molecule has 0 spiro atoms. The molecule has 2 aromatic rings. The third-order valence-corrected chi connectivity index (χ3v) is 3.94. The number of alkyl halides is 3. The van der Waals surface area contributed by atoms with Crippen LogP contribution in [0.25, 0.3) is 0 Å². The number of nitrogens with zero attached hydrogens (tertiary/aromatic N) is 3. The highest BCUT2D eigenvalue weighted by Crippen LogP contribution is 2.41. The Kier molecular flexibility index (Phi) is 4.26. The van der Waals surface area contributed by atoms with Crippen LogP contribution in [-0.2, 0) is 0 Å². The molecule has 0 saturated carbocycles. The second-order valence-electron chi connectivity index (χ2n) is 5.38. The summed E-state index contributed by atoms with van der Waals surface area (Å²) < 4.78 is 40.4. The first-order chi connectivity index (χ1) is 11.7. The Labute approximate surface area is 145 Å². The molecule has 0 aliphatic carbocycles. The second kappa shape index (κ2) is 6.12. The summed E-state index contributed by atoms with van der Waals surface area (Å²) in [4.78, 5) is 16.4. The average Bonchev–Trinajstić information content (AvgIpc) is 2.95. The minimum absolute atomic E-state index is 0.0558. The van der Waals surface area contributed by atoms with Gasteiger partial charge in [0.2, 0.25) is 0 Å². The topological polar surface area (TPSA) is 65.8 Å². The van der Waals surface area contributed by atoms with Crippen molar-refractivity contribution in [1.82, 2.24) is 9.99 Å². The quantitative estimate of drug-likeness (QED) is 0.883. The highest BCUT2D eigenvalue weighted by molar-refractivity contribution is 6.30. The number of aliphatic hydroxyl groups is 1. The fourth-order valence-corrected chi connectivity index (χ4v) is 2.50. The number of aromatic nitrogens is 1. The van der Waals surface area contributed by atoms with Crippen molar-refractivity contribution in [2.45, 2.75) is 18.3 Å². The van der Waals surface area contributed by atoms with Crippen molar-refractivity contribution in [3.8, 4) is 0 Å². The van der Waals surface area contributed by atoms with E-state index in [0.29, 0.717) is 5.02 Å². The molecule has 1 aromatic carbocycles. The zero-order valence-electron chi connectivity index (χ0n) is 12.5. The zero-order valence-corrected chi connectivity index (χ0v) is 13.3. The number of rotatable bonds is 2. The van der Waals surface area contributed by atoms with Gasteiger partial charge in [0.25, 0.3) is 11.6 Å². The van der Waals surface area contributed by atoms with Crippen molar-refractivity contribution in [2.24, 2.45) is 5.10 Å². The fourth-order valence-electron chi connectivity index (χ4n) is 2.37. The lowest BCUT2D eigenvalue weighted by molar-refractivity contribution is -0.297. The summed E-state index contributed by atoms with van der Waals surface area (Å²) in [6.07, 6.45) is -4.63. The van der Waals surface area contributed by atoms with E-state index >= 15 is 0 Å². The highest BCUT2D eigenvalue weighted by atomic mass is 35.5. The maximum Gasteiger partial charge on any atom is 0.438 e. The number of hydrazone groups is 1. The van der Waals surface area contributed by atoms with Crippen LogP contribution in [-0.4, -0.2) is 38.6 Å². The molecule has 1 aliphatic heterocycles. The summed E-state index contributed by atoms with van der Waals surface area (Å²) in [7, 11) is 0. The molecular weight excluding hydrogens is 359 g/mol. The number of benzene rings is 1. The molecule has 0 saturated heterocycles. The Morgan fingerprint density at radius 2 is 1.88 bits per heavy atom. The Bertz CT molecular complexity index is 825. The van der Waals surface area contributed by atoms with Crippen LogP contribution in [0.4, 0.5) is 13.2 Å². The van der Waals surface area contributed by atoms with Crippen molar-refractivity contribution in [1.29, 1.82) is 0 Å². The van der Waals surface area contributed by atoms with Gasteiger partial charge in [-0.15, -0.1) is 0 Å². The van der Waals surface area contributed by atoms with Gasteiger partial charge in [-0.2, -0.15) is 23.3 Å². The SMILES string of the molecule is O=C(c1ccc(Cl)cc1)N1N=C(c2ccccn2)C[C@@]1(O)C(F)(F)F. The van der Waals surface area contributed by atoms with Crippen molar-refractivity contribution in [3.05, 3.63) is 64.9 Å². The zero-order chi connectivity index (χ0) is 18.2. The first kappa shape index (κ1) is 17.4. The Balaban J connectivity index is 2.04. The van der Waals surface area contributed by atoms with Crippen molar-refractivity contribution in [3.63, 3.8) is 0 Å². The Morgan fingerprint density at radius 3 is 2.44 bits per heavy atom. The van der Waals surface area contributed by atoms with Gasteiger partial charge < -0.3 is 5.11 Å². The van der Waals surface area contributed by atoms with E-state index in [1.54, 1.807) is 12.1 Å². The lowest BCUT2D eigenvalue weighted by atomic mass is 10.0. The molecule has 0 radical (unpaired) electrons. The lowest BCUT2D eigenvalue weighted by Crippen LogP contribution is -2.56. The van der Waals surface area contributed by atoms with Gasteiger partial charge in [-0.1, -0.05) is 17.7 Å². The van der Waals surface area contributed by atoms with E-state index in [0.717, 1.165) is 0 Å². The van der Waals surface area contributed by atoms with E-state index < -0.39 is 24.2 Å². The Hall–Kier alpha value is -2.45. The average molecular weight is 370 g/mol. The molecule has 3 rings (SSSR count). The lowest BCUT2D eigenvalue weighted by Gasteiger charge is -2.32. The summed E-state index contributed by atoms with van der Waals surface area (Å²) in [5.41, 5.74) is -3.52. The molecule has 130 valence electrons. The fraction of sp³-hybridized carbons (Fsp3) is 0.188. The minimum Gasteiger partial charge on any atom is -0.362 e. The summed E-state index contributed by atoms with van der Waals surface area (Å²) in [6.45, 7) is 0. The highest BCUT2D eigenvalue weighted by Gasteiger charge is 2.63. The molecule has 1 amide bonds. The largest absolute Gasteiger partial charge is 0.438 e. The summed E-state index contributed by atoms with van der Waals surface area (Å²) >= 11 is 5.72. The molecule has 1 aromatic heterocycles. The number of amides is 1. The maximum absolute atomic E-state index is 13.5. The standard InChI is InChI=1S/C16H11ClF3N3O2/c17-11-6-4-10(5-7-11)14(24)23-15(25,16(18,19)20)9-13(22-23)12-3-1-2-8-21-12/h1-8,25H,9H2/t15-/m1/s1. The van der Waals surface area contributed by atoms with Crippen molar-refractivity contribution < 1.29 is 23.1 Å². The summed E-state index contributed by atoms with van der Waals surface area (Å²) in [6, 6.07) is 9.85. The summed E-state index contributed by atoms with van der Waals surface area (Å²) in [5.74, 6) is -1.09. The smallest absolute Gasteiger partial charge is 0.362 e. The van der Waals surface area contributed by atoms with Crippen LogP contribution < -0.4 is 0 Å². The van der Waals surface area contributed by atoms with Gasteiger partial charge >= 0.3 is 6.18 Å². The van der Waals surface area contributed by atoms with Gasteiger partial charge in [0, 0.05) is 16.8 Å². The molecule has 0 fully saturated rings. The van der Waals surface area contributed by atoms with Crippen LogP contribution in [0.2, 0.25) is 5.02 Å². The molecule has 5 nitrogen and oxygen atoms in total. The van der Waals surface area contributed by atoms with E-state index in [4.69, 9.17) is 11.6 Å². The van der Waals surface area contributed by atoms with Crippen LogP contribution >= 0.6 is 11.6 Å². The van der Waals surface area contributed by atoms with Crippen molar-refractivity contribution >= 4 is 23.2 Å². The third-order valence-electron chi connectivity index (χ3n) is 3.68. The van der Waals surface area contributed by atoms with Crippen molar-refractivity contribution in [2.75, 3.05) is 0 Å². The monoisotopic (exact) mass is 369 g/mol. The summed E-state index contributed by atoms with van der Waals surface area (Å²) in [5, 5.41) is 14.3. The van der Waals surface area contributed by atoms with Gasteiger partial charge in [-0.25, -0.2) is 0 Å². The van der Waals surface area contributed by atoms with E-state index in [1.807, 2.05) is 0 Å². The first-order valence-electron chi connectivity index (χ1n) is 7.10. The molecule has 2 heterocycles. The third kappa shape index (κ3) is 3.10. The first-order valence-corrected chi connectivity index (χ1v) is 7.48. The predicted octanol–water partition coefficient (Wildman–Crippen LogP) is 3.24. The molecule has 9 heteroatoms. The number of hydrogen-bond donors (Lipinski definition) is 1. The van der Waals surface area contributed by atoms with Crippen LogP contribution in [0.1, 0.15) is 22.5 Å². The maximum atomic E-state index is 13.5. The second-order valence-corrected chi connectivity index (χ2v) is 5.81. The van der Waals surface area contributed by atoms with E-state index in [-0.39, 0.29) is 22.0 Å². The number of halogens is 4. The predicted molar refractivity (Wildman–Crippen MR) is 84.0 cm³/mol. The van der Waals surface area contributed by atoms with E-state index in [2.05, 4.69) is 10.1 Å².